The van der Waals surface area contributed by atoms with Crippen molar-refractivity contribution in [3.8, 4) is 6.07 Å². The largest absolute Gasteiger partial charge is 0.383 e. The number of hydrogen-bond donors (Lipinski definition) is 2. The monoisotopic (exact) mass is 245 g/mol. The number of rotatable bonds is 5. The van der Waals surface area contributed by atoms with Gasteiger partial charge in [0, 0.05) is 12.5 Å². The van der Waals surface area contributed by atoms with Gasteiger partial charge in [-0.3, -0.25) is 4.79 Å². The van der Waals surface area contributed by atoms with Crippen molar-refractivity contribution < 1.29 is 4.79 Å². The first kappa shape index (κ1) is 14.0. The molecule has 0 aliphatic carbocycles. The van der Waals surface area contributed by atoms with Crippen LogP contribution < -0.4 is 10.6 Å². The fourth-order valence-corrected chi connectivity index (χ4v) is 1.41. The lowest BCUT2D eigenvalue weighted by molar-refractivity contribution is -0.118. The quantitative estimate of drug-likeness (QED) is 0.838. The van der Waals surface area contributed by atoms with Crippen LogP contribution in [0.3, 0.4) is 0 Å². The van der Waals surface area contributed by atoms with Gasteiger partial charge in [0.1, 0.15) is 0 Å². The third kappa shape index (κ3) is 3.77. The Kier molecular flexibility index (Phi) is 5.19. The van der Waals surface area contributed by atoms with E-state index in [-0.39, 0.29) is 11.8 Å². The molecule has 0 aliphatic rings. The van der Waals surface area contributed by atoms with E-state index in [1.54, 1.807) is 12.1 Å². The van der Waals surface area contributed by atoms with Crippen LogP contribution in [0.1, 0.15) is 32.8 Å². The van der Waals surface area contributed by atoms with Gasteiger partial charge in [0.25, 0.3) is 0 Å². The highest BCUT2D eigenvalue weighted by molar-refractivity contribution is 5.95. The first-order valence-electron chi connectivity index (χ1n) is 6.17. The second-order valence-electron chi connectivity index (χ2n) is 4.44. The number of nitrogens with one attached hydrogen (secondary N) is 2. The van der Waals surface area contributed by atoms with Gasteiger partial charge in [0.05, 0.1) is 23.0 Å². The summed E-state index contributed by atoms with van der Waals surface area (Å²) >= 11 is 0. The minimum Gasteiger partial charge on any atom is -0.383 e. The zero-order valence-corrected chi connectivity index (χ0v) is 11.1. The SMILES string of the molecule is CCCNc1ccc(C#N)cc1NC(=O)C(C)C. The number of benzene rings is 1. The van der Waals surface area contributed by atoms with Crippen molar-refractivity contribution in [3.05, 3.63) is 23.8 Å². The molecule has 2 N–H and O–H groups in total. The lowest BCUT2D eigenvalue weighted by atomic mass is 10.1. The average Bonchev–Trinajstić information content (AvgIpc) is 2.36. The summed E-state index contributed by atoms with van der Waals surface area (Å²) < 4.78 is 0. The number of anilines is 2. The smallest absolute Gasteiger partial charge is 0.226 e. The molecule has 0 saturated carbocycles. The highest BCUT2D eigenvalue weighted by atomic mass is 16.1. The Bertz CT molecular complexity index is 461. The minimum absolute atomic E-state index is 0.0513. The van der Waals surface area contributed by atoms with E-state index < -0.39 is 0 Å². The number of carbonyl (C=O) groups excluding carboxylic acids is 1. The maximum Gasteiger partial charge on any atom is 0.226 e. The molecular formula is C14H19N3O. The van der Waals surface area contributed by atoms with Gasteiger partial charge in [0.2, 0.25) is 5.91 Å². The molecule has 1 aromatic rings. The van der Waals surface area contributed by atoms with Crippen LogP contribution in [0.15, 0.2) is 18.2 Å². The standard InChI is InChI=1S/C14H19N3O/c1-4-7-16-12-6-5-11(9-15)8-13(12)17-14(18)10(2)3/h5-6,8,10,16H,4,7H2,1-3H3,(H,17,18). The highest BCUT2D eigenvalue weighted by Crippen LogP contribution is 2.23. The van der Waals surface area contributed by atoms with E-state index in [2.05, 4.69) is 23.6 Å². The Hall–Kier alpha value is -2.02. The summed E-state index contributed by atoms with van der Waals surface area (Å²) in [5.74, 6) is -0.139. The van der Waals surface area contributed by atoms with E-state index in [0.29, 0.717) is 11.3 Å². The fraction of sp³-hybridized carbons (Fsp3) is 0.429. The molecule has 0 aliphatic heterocycles. The van der Waals surface area contributed by atoms with E-state index in [1.807, 2.05) is 19.9 Å². The summed E-state index contributed by atoms with van der Waals surface area (Å²) in [6.07, 6.45) is 0.998. The van der Waals surface area contributed by atoms with E-state index in [0.717, 1.165) is 18.7 Å². The maximum atomic E-state index is 11.7. The molecular weight excluding hydrogens is 226 g/mol. The van der Waals surface area contributed by atoms with Gasteiger partial charge < -0.3 is 10.6 Å². The van der Waals surface area contributed by atoms with Gasteiger partial charge in [-0.05, 0) is 24.6 Å². The Morgan fingerprint density at radius 3 is 2.67 bits per heavy atom. The van der Waals surface area contributed by atoms with Crippen LogP contribution in [0.2, 0.25) is 0 Å². The first-order chi connectivity index (χ1) is 8.58. The van der Waals surface area contributed by atoms with Crippen LogP contribution in [-0.2, 0) is 4.79 Å². The van der Waals surface area contributed by atoms with Crippen LogP contribution in [0.5, 0.6) is 0 Å². The zero-order valence-electron chi connectivity index (χ0n) is 11.1. The Morgan fingerprint density at radius 2 is 2.11 bits per heavy atom. The van der Waals surface area contributed by atoms with Crippen molar-refractivity contribution in [2.45, 2.75) is 27.2 Å². The highest BCUT2D eigenvalue weighted by Gasteiger charge is 2.10. The van der Waals surface area contributed by atoms with Crippen molar-refractivity contribution >= 4 is 17.3 Å². The Morgan fingerprint density at radius 1 is 1.39 bits per heavy atom. The van der Waals surface area contributed by atoms with Gasteiger partial charge in [-0.1, -0.05) is 20.8 Å². The number of carbonyl (C=O) groups is 1. The van der Waals surface area contributed by atoms with E-state index >= 15 is 0 Å². The van der Waals surface area contributed by atoms with Crippen LogP contribution in [0.25, 0.3) is 0 Å². The van der Waals surface area contributed by atoms with Gasteiger partial charge in [-0.15, -0.1) is 0 Å². The average molecular weight is 245 g/mol. The molecule has 4 heteroatoms. The lowest BCUT2D eigenvalue weighted by Gasteiger charge is -2.14. The molecule has 0 bridgehead atoms. The summed E-state index contributed by atoms with van der Waals surface area (Å²) in [6.45, 7) is 6.57. The summed E-state index contributed by atoms with van der Waals surface area (Å²) in [5, 5.41) is 15.0. The fourth-order valence-electron chi connectivity index (χ4n) is 1.41. The zero-order chi connectivity index (χ0) is 13.5. The van der Waals surface area contributed by atoms with E-state index in [9.17, 15) is 4.79 Å². The van der Waals surface area contributed by atoms with Gasteiger partial charge in [-0.25, -0.2) is 0 Å². The van der Waals surface area contributed by atoms with Crippen molar-refractivity contribution in [2.75, 3.05) is 17.2 Å². The summed E-state index contributed by atoms with van der Waals surface area (Å²) in [5.41, 5.74) is 2.06. The molecule has 0 saturated heterocycles. The normalized spacial score (nSPS) is 9.94. The topological polar surface area (TPSA) is 64.9 Å². The molecule has 1 aromatic carbocycles. The lowest BCUT2D eigenvalue weighted by Crippen LogP contribution is -2.19. The molecule has 0 spiro atoms. The molecule has 0 heterocycles. The molecule has 0 unspecified atom stereocenters. The van der Waals surface area contributed by atoms with Crippen LogP contribution in [0.4, 0.5) is 11.4 Å². The molecule has 4 nitrogen and oxygen atoms in total. The molecule has 0 fully saturated rings. The number of amides is 1. The van der Waals surface area contributed by atoms with Crippen molar-refractivity contribution in [3.63, 3.8) is 0 Å². The van der Waals surface area contributed by atoms with Gasteiger partial charge in [0.15, 0.2) is 0 Å². The molecule has 1 rings (SSSR count). The molecule has 96 valence electrons. The van der Waals surface area contributed by atoms with Crippen LogP contribution in [0, 0.1) is 17.2 Å². The predicted molar refractivity (Wildman–Crippen MR) is 73.4 cm³/mol. The number of nitriles is 1. The Labute approximate surface area is 108 Å². The molecule has 18 heavy (non-hydrogen) atoms. The van der Waals surface area contributed by atoms with E-state index in [4.69, 9.17) is 5.26 Å². The van der Waals surface area contributed by atoms with Crippen molar-refractivity contribution in [2.24, 2.45) is 5.92 Å². The second-order valence-corrected chi connectivity index (χ2v) is 4.44. The maximum absolute atomic E-state index is 11.7. The predicted octanol–water partition coefficient (Wildman–Crippen LogP) is 2.97. The van der Waals surface area contributed by atoms with Gasteiger partial charge in [-0.2, -0.15) is 5.26 Å². The second kappa shape index (κ2) is 6.65. The number of nitrogens with zero attached hydrogens (tertiary/aromatic N) is 1. The van der Waals surface area contributed by atoms with E-state index in [1.165, 1.54) is 0 Å². The molecule has 0 atom stereocenters. The summed E-state index contributed by atoms with van der Waals surface area (Å²) in [6, 6.07) is 7.33. The minimum atomic E-state index is -0.0882. The van der Waals surface area contributed by atoms with Crippen LogP contribution >= 0.6 is 0 Å². The van der Waals surface area contributed by atoms with Gasteiger partial charge >= 0.3 is 0 Å². The molecule has 0 aromatic heterocycles. The third-order valence-electron chi connectivity index (χ3n) is 2.50. The molecule has 0 radical (unpaired) electrons. The first-order valence-corrected chi connectivity index (χ1v) is 6.17. The molecule has 1 amide bonds. The van der Waals surface area contributed by atoms with Crippen molar-refractivity contribution in [1.29, 1.82) is 5.26 Å². The number of hydrogen-bond acceptors (Lipinski definition) is 3. The van der Waals surface area contributed by atoms with Crippen LogP contribution in [-0.4, -0.2) is 12.5 Å². The third-order valence-corrected chi connectivity index (χ3v) is 2.50. The summed E-state index contributed by atoms with van der Waals surface area (Å²) in [7, 11) is 0. The van der Waals surface area contributed by atoms with Crippen molar-refractivity contribution in [1.82, 2.24) is 0 Å². The summed E-state index contributed by atoms with van der Waals surface area (Å²) in [4.78, 5) is 11.7. The Balaban J connectivity index is 2.96.